The summed E-state index contributed by atoms with van der Waals surface area (Å²) >= 11 is 0. The van der Waals surface area contributed by atoms with Crippen LogP contribution in [0.5, 0.6) is 0 Å². The molecule has 1 fully saturated rings. The fourth-order valence-electron chi connectivity index (χ4n) is 3.58. The zero-order valence-electron chi connectivity index (χ0n) is 14.6. The van der Waals surface area contributed by atoms with E-state index in [1.165, 1.54) is 0 Å². The molecule has 1 N–H and O–H groups in total. The Balaban J connectivity index is 1.66. The lowest BCUT2D eigenvalue weighted by molar-refractivity contribution is 0.0904. The van der Waals surface area contributed by atoms with Gasteiger partial charge in [-0.05, 0) is 31.0 Å². The molecule has 5 rings (SSSR count). The fourth-order valence-corrected chi connectivity index (χ4v) is 3.58. The molecule has 0 amide bonds. The van der Waals surface area contributed by atoms with Crippen molar-refractivity contribution >= 4 is 22.4 Å². The van der Waals surface area contributed by atoms with Crippen molar-refractivity contribution in [1.82, 2.24) is 24.4 Å². The van der Waals surface area contributed by atoms with Gasteiger partial charge in [0, 0.05) is 43.4 Å². The van der Waals surface area contributed by atoms with E-state index >= 15 is 0 Å². The summed E-state index contributed by atoms with van der Waals surface area (Å²) < 4.78 is 9.27. The second-order valence-corrected chi connectivity index (χ2v) is 6.68. The van der Waals surface area contributed by atoms with E-state index in [-0.39, 0.29) is 0 Å². The molecule has 0 aliphatic carbocycles. The first-order chi connectivity index (χ1) is 12.8. The zero-order chi connectivity index (χ0) is 17.5. The number of rotatable bonds is 3. The van der Waals surface area contributed by atoms with Gasteiger partial charge >= 0.3 is 0 Å². The van der Waals surface area contributed by atoms with E-state index in [0.717, 1.165) is 59.7 Å². The standard InChI is InChI=1S/C19H20N6O/c1-24-16-11-13(4-5-14(16)12-21-24)18-19(22-15-6-9-26-10-7-15)23-17-3-2-8-20-25(17)18/h2-5,8,11-12,15,22H,6-7,9-10H2,1H3. The summed E-state index contributed by atoms with van der Waals surface area (Å²) in [6, 6.07) is 10.6. The molecule has 0 spiro atoms. The third-order valence-electron chi connectivity index (χ3n) is 4.98. The monoisotopic (exact) mass is 348 g/mol. The van der Waals surface area contributed by atoms with E-state index in [9.17, 15) is 0 Å². The highest BCUT2D eigenvalue weighted by Gasteiger charge is 2.20. The third kappa shape index (κ3) is 2.52. The fraction of sp³-hybridized carbons (Fsp3) is 0.316. The van der Waals surface area contributed by atoms with Gasteiger partial charge in [-0.2, -0.15) is 10.2 Å². The molecule has 4 aromatic rings. The molecule has 7 nitrogen and oxygen atoms in total. The molecule has 0 unspecified atom stereocenters. The number of aryl methyl sites for hydroxylation is 1. The van der Waals surface area contributed by atoms with Gasteiger partial charge in [-0.15, -0.1) is 0 Å². The molecule has 1 saturated heterocycles. The van der Waals surface area contributed by atoms with Crippen molar-refractivity contribution in [2.24, 2.45) is 7.05 Å². The van der Waals surface area contributed by atoms with Crippen molar-refractivity contribution in [3.8, 4) is 11.3 Å². The van der Waals surface area contributed by atoms with Gasteiger partial charge < -0.3 is 10.1 Å². The summed E-state index contributed by atoms with van der Waals surface area (Å²) in [5.41, 5.74) is 3.98. The van der Waals surface area contributed by atoms with Crippen molar-refractivity contribution in [3.05, 3.63) is 42.7 Å². The van der Waals surface area contributed by atoms with Crippen LogP contribution >= 0.6 is 0 Å². The van der Waals surface area contributed by atoms with Gasteiger partial charge in [0.15, 0.2) is 11.5 Å². The van der Waals surface area contributed by atoms with Crippen LogP contribution in [0.4, 0.5) is 5.82 Å². The average molecular weight is 348 g/mol. The zero-order valence-corrected chi connectivity index (χ0v) is 14.6. The predicted octanol–water partition coefficient (Wildman–Crippen LogP) is 2.87. The topological polar surface area (TPSA) is 69.3 Å². The van der Waals surface area contributed by atoms with E-state index in [4.69, 9.17) is 9.72 Å². The number of aromatic nitrogens is 5. The predicted molar refractivity (Wildman–Crippen MR) is 100 cm³/mol. The molecule has 26 heavy (non-hydrogen) atoms. The Kier molecular flexibility index (Phi) is 3.60. The number of anilines is 1. The van der Waals surface area contributed by atoms with Gasteiger partial charge in [0.1, 0.15) is 5.69 Å². The van der Waals surface area contributed by atoms with Gasteiger partial charge in [-0.3, -0.25) is 4.68 Å². The lowest BCUT2D eigenvalue weighted by atomic mass is 10.1. The Bertz CT molecular complexity index is 1080. The molecule has 3 aromatic heterocycles. The van der Waals surface area contributed by atoms with Crippen molar-refractivity contribution < 1.29 is 4.74 Å². The molecular formula is C19H20N6O. The lowest BCUT2D eigenvalue weighted by Gasteiger charge is -2.23. The van der Waals surface area contributed by atoms with Gasteiger partial charge in [-0.25, -0.2) is 9.50 Å². The van der Waals surface area contributed by atoms with Crippen LogP contribution in [0.2, 0.25) is 0 Å². The number of hydrogen-bond acceptors (Lipinski definition) is 5. The van der Waals surface area contributed by atoms with Crippen molar-refractivity contribution in [2.45, 2.75) is 18.9 Å². The van der Waals surface area contributed by atoms with Gasteiger partial charge in [0.05, 0.1) is 11.7 Å². The lowest BCUT2D eigenvalue weighted by Crippen LogP contribution is -2.28. The number of imidazole rings is 1. The van der Waals surface area contributed by atoms with Crippen LogP contribution in [0.1, 0.15) is 12.8 Å². The quantitative estimate of drug-likeness (QED) is 0.616. The van der Waals surface area contributed by atoms with Crippen LogP contribution in [0.25, 0.3) is 27.8 Å². The van der Waals surface area contributed by atoms with Gasteiger partial charge in [0.25, 0.3) is 0 Å². The second kappa shape index (κ2) is 6.10. The van der Waals surface area contributed by atoms with Crippen molar-refractivity contribution in [1.29, 1.82) is 0 Å². The molecule has 1 aromatic carbocycles. The first kappa shape index (κ1) is 15.3. The van der Waals surface area contributed by atoms with Crippen LogP contribution in [-0.2, 0) is 11.8 Å². The highest BCUT2D eigenvalue weighted by molar-refractivity contribution is 5.87. The van der Waals surface area contributed by atoms with Gasteiger partial charge in [-0.1, -0.05) is 12.1 Å². The van der Waals surface area contributed by atoms with Gasteiger partial charge in [0.2, 0.25) is 0 Å². The summed E-state index contributed by atoms with van der Waals surface area (Å²) in [6.07, 6.45) is 5.65. The summed E-state index contributed by atoms with van der Waals surface area (Å²) in [5.74, 6) is 0.872. The molecule has 0 radical (unpaired) electrons. The highest BCUT2D eigenvalue weighted by Crippen LogP contribution is 2.31. The Morgan fingerprint density at radius 2 is 2.04 bits per heavy atom. The minimum absolute atomic E-state index is 0.368. The highest BCUT2D eigenvalue weighted by atomic mass is 16.5. The number of nitrogens with zero attached hydrogens (tertiary/aromatic N) is 5. The molecular weight excluding hydrogens is 328 g/mol. The van der Waals surface area contributed by atoms with Crippen LogP contribution in [0.3, 0.4) is 0 Å². The normalized spacial score (nSPS) is 15.7. The smallest absolute Gasteiger partial charge is 0.156 e. The van der Waals surface area contributed by atoms with Crippen LogP contribution in [0.15, 0.2) is 42.7 Å². The molecule has 4 heterocycles. The maximum Gasteiger partial charge on any atom is 0.156 e. The Morgan fingerprint density at radius 1 is 1.15 bits per heavy atom. The SMILES string of the molecule is Cn1ncc2ccc(-c3c(NC4CCOCC4)nc4cccnn34)cc21. The summed E-state index contributed by atoms with van der Waals surface area (Å²) in [7, 11) is 1.96. The van der Waals surface area contributed by atoms with E-state index in [1.807, 2.05) is 34.6 Å². The maximum atomic E-state index is 5.48. The van der Waals surface area contributed by atoms with E-state index in [2.05, 4.69) is 33.7 Å². The van der Waals surface area contributed by atoms with Crippen molar-refractivity contribution in [3.63, 3.8) is 0 Å². The molecule has 1 aliphatic heterocycles. The number of fused-ring (bicyclic) bond motifs is 2. The molecule has 1 aliphatic rings. The van der Waals surface area contributed by atoms with E-state index in [0.29, 0.717) is 6.04 Å². The van der Waals surface area contributed by atoms with Crippen molar-refractivity contribution in [2.75, 3.05) is 18.5 Å². The number of nitrogens with one attached hydrogen (secondary N) is 1. The van der Waals surface area contributed by atoms with Crippen LogP contribution in [-0.4, -0.2) is 43.6 Å². The van der Waals surface area contributed by atoms with Crippen LogP contribution < -0.4 is 5.32 Å². The summed E-state index contributed by atoms with van der Waals surface area (Å²) in [6.45, 7) is 1.58. The summed E-state index contributed by atoms with van der Waals surface area (Å²) in [5, 5.41) is 13.6. The first-order valence-corrected chi connectivity index (χ1v) is 8.90. The Hall–Kier alpha value is -2.93. The molecule has 132 valence electrons. The Morgan fingerprint density at radius 3 is 2.92 bits per heavy atom. The average Bonchev–Trinajstić information content (AvgIpc) is 3.22. The third-order valence-corrected chi connectivity index (χ3v) is 4.98. The number of hydrogen-bond donors (Lipinski definition) is 1. The minimum Gasteiger partial charge on any atom is -0.381 e. The second-order valence-electron chi connectivity index (χ2n) is 6.68. The largest absolute Gasteiger partial charge is 0.381 e. The molecule has 7 heteroatoms. The molecule has 0 atom stereocenters. The number of benzene rings is 1. The van der Waals surface area contributed by atoms with E-state index in [1.54, 1.807) is 6.20 Å². The minimum atomic E-state index is 0.368. The van der Waals surface area contributed by atoms with Crippen LogP contribution in [0, 0.1) is 0 Å². The number of ether oxygens (including phenoxy) is 1. The summed E-state index contributed by atoms with van der Waals surface area (Å²) in [4.78, 5) is 4.80. The first-order valence-electron chi connectivity index (χ1n) is 8.90. The Labute approximate surface area is 150 Å². The molecule has 0 saturated carbocycles. The molecule has 0 bridgehead atoms. The maximum absolute atomic E-state index is 5.48. The van der Waals surface area contributed by atoms with E-state index < -0.39 is 0 Å².